The normalized spacial score (nSPS) is 18.6. The highest BCUT2D eigenvalue weighted by Crippen LogP contribution is 2.23. The number of thiophene rings is 1. The van der Waals surface area contributed by atoms with E-state index < -0.39 is 0 Å². The summed E-state index contributed by atoms with van der Waals surface area (Å²) < 4.78 is 6.64. The number of hydrogen-bond donors (Lipinski definition) is 1. The molecule has 1 saturated heterocycles. The van der Waals surface area contributed by atoms with E-state index in [4.69, 9.17) is 16.3 Å². The number of hydrogen-bond acceptors (Lipinski definition) is 3. The van der Waals surface area contributed by atoms with Gasteiger partial charge in [0.05, 0.1) is 17.0 Å². The van der Waals surface area contributed by atoms with Crippen LogP contribution in [-0.2, 0) is 11.3 Å². The van der Waals surface area contributed by atoms with Crippen LogP contribution in [0.1, 0.15) is 17.7 Å². The molecule has 1 aromatic rings. The van der Waals surface area contributed by atoms with E-state index in [0.29, 0.717) is 12.7 Å². The van der Waals surface area contributed by atoms with E-state index in [9.17, 15) is 0 Å². The highest BCUT2D eigenvalue weighted by atomic mass is 35.5. The summed E-state index contributed by atoms with van der Waals surface area (Å²) in [6.07, 6.45) is 2.68. The Morgan fingerprint density at radius 1 is 1.43 bits per heavy atom. The van der Waals surface area contributed by atoms with Gasteiger partial charge in [0, 0.05) is 4.88 Å². The van der Waals surface area contributed by atoms with Crippen molar-refractivity contribution in [2.24, 2.45) is 0 Å². The van der Waals surface area contributed by atoms with Crippen LogP contribution < -0.4 is 5.32 Å². The van der Waals surface area contributed by atoms with Gasteiger partial charge in [-0.3, -0.25) is 0 Å². The second-order valence-electron chi connectivity index (χ2n) is 3.47. The van der Waals surface area contributed by atoms with Gasteiger partial charge < -0.3 is 10.1 Å². The van der Waals surface area contributed by atoms with Crippen molar-refractivity contribution in [3.8, 4) is 0 Å². The highest BCUT2D eigenvalue weighted by Gasteiger charge is 2.13. The molecular weight excluding hydrogens is 218 g/mol. The van der Waals surface area contributed by atoms with Gasteiger partial charge in [-0.1, -0.05) is 11.6 Å². The smallest absolute Gasteiger partial charge is 0.0932 e. The van der Waals surface area contributed by atoms with E-state index in [0.717, 1.165) is 30.3 Å². The third-order valence-electron chi connectivity index (χ3n) is 2.38. The van der Waals surface area contributed by atoms with Crippen molar-refractivity contribution >= 4 is 22.9 Å². The molecule has 0 atom stereocenters. The molecule has 14 heavy (non-hydrogen) atoms. The molecule has 0 bridgehead atoms. The summed E-state index contributed by atoms with van der Waals surface area (Å²) in [5.74, 6) is 0. The fraction of sp³-hybridized carbons (Fsp3) is 0.600. The monoisotopic (exact) mass is 231 g/mol. The van der Waals surface area contributed by atoms with Gasteiger partial charge in [-0.25, -0.2) is 0 Å². The lowest BCUT2D eigenvalue weighted by molar-refractivity contribution is 0.0226. The zero-order valence-corrected chi connectivity index (χ0v) is 9.53. The Kier molecular flexibility index (Phi) is 3.81. The van der Waals surface area contributed by atoms with Crippen molar-refractivity contribution in [3.05, 3.63) is 21.3 Å². The van der Waals surface area contributed by atoms with Crippen LogP contribution in [0.15, 0.2) is 12.1 Å². The molecule has 2 heterocycles. The van der Waals surface area contributed by atoms with Crippen LogP contribution in [0.25, 0.3) is 0 Å². The van der Waals surface area contributed by atoms with Crippen LogP contribution in [0.4, 0.5) is 0 Å². The van der Waals surface area contributed by atoms with Gasteiger partial charge in [0.25, 0.3) is 0 Å². The fourth-order valence-electron chi connectivity index (χ4n) is 1.59. The maximum atomic E-state index is 5.83. The molecule has 1 aromatic heterocycles. The minimum atomic E-state index is 0.428. The molecule has 1 N–H and O–H groups in total. The fourth-order valence-corrected chi connectivity index (χ4v) is 2.60. The Morgan fingerprint density at radius 3 is 2.86 bits per heavy atom. The van der Waals surface area contributed by atoms with Crippen LogP contribution >= 0.6 is 22.9 Å². The van der Waals surface area contributed by atoms with E-state index in [-0.39, 0.29) is 0 Å². The first-order valence-electron chi connectivity index (χ1n) is 4.91. The van der Waals surface area contributed by atoms with E-state index in [2.05, 4.69) is 5.32 Å². The Bertz CT molecular complexity index is 283. The molecule has 0 unspecified atom stereocenters. The van der Waals surface area contributed by atoms with Gasteiger partial charge in [-0.15, -0.1) is 11.3 Å². The summed E-state index contributed by atoms with van der Waals surface area (Å²) in [5, 5.41) is 3.32. The van der Waals surface area contributed by atoms with Crippen molar-refractivity contribution in [1.82, 2.24) is 5.32 Å². The zero-order chi connectivity index (χ0) is 9.80. The predicted octanol–water partition coefficient (Wildman–Crippen LogP) is 2.67. The van der Waals surface area contributed by atoms with Crippen molar-refractivity contribution < 1.29 is 4.74 Å². The molecule has 4 heteroatoms. The molecule has 0 saturated carbocycles. The molecule has 0 aliphatic carbocycles. The molecule has 0 spiro atoms. The maximum absolute atomic E-state index is 5.83. The maximum Gasteiger partial charge on any atom is 0.0932 e. The molecule has 2 rings (SSSR count). The predicted molar refractivity (Wildman–Crippen MR) is 60.0 cm³/mol. The number of ether oxygens (including phenoxy) is 1. The lowest BCUT2D eigenvalue weighted by atomic mass is 10.1. The molecule has 78 valence electrons. The Morgan fingerprint density at radius 2 is 2.21 bits per heavy atom. The molecule has 1 aliphatic heterocycles. The molecule has 0 amide bonds. The van der Waals surface area contributed by atoms with E-state index in [1.54, 1.807) is 11.3 Å². The van der Waals surface area contributed by atoms with Gasteiger partial charge >= 0.3 is 0 Å². The minimum Gasteiger partial charge on any atom is -0.373 e. The summed E-state index contributed by atoms with van der Waals surface area (Å²) in [6.45, 7) is 2.87. The highest BCUT2D eigenvalue weighted by molar-refractivity contribution is 7.16. The van der Waals surface area contributed by atoms with Gasteiger partial charge in [0.15, 0.2) is 0 Å². The second-order valence-corrected chi connectivity index (χ2v) is 5.27. The third kappa shape index (κ3) is 2.95. The molecule has 0 aromatic carbocycles. The first-order valence-corrected chi connectivity index (χ1v) is 6.10. The average molecular weight is 232 g/mol. The Hall–Kier alpha value is -0.0900. The van der Waals surface area contributed by atoms with E-state index in [1.165, 1.54) is 4.88 Å². The summed E-state index contributed by atoms with van der Waals surface area (Å²) in [5.41, 5.74) is 0. The number of rotatable bonds is 3. The summed E-state index contributed by atoms with van der Waals surface area (Å²) in [6, 6.07) is 3.96. The standard InChI is InChI=1S/C10H14ClNOS/c11-10-2-1-9(14-10)7-13-8-3-5-12-6-4-8/h1-2,8,12H,3-7H2. The average Bonchev–Trinajstić information content (AvgIpc) is 2.63. The Labute approximate surface area is 93.2 Å². The van der Waals surface area contributed by atoms with Crippen LogP contribution in [0, 0.1) is 0 Å². The molecule has 0 radical (unpaired) electrons. The van der Waals surface area contributed by atoms with Crippen LogP contribution in [0.2, 0.25) is 4.34 Å². The quantitative estimate of drug-likeness (QED) is 0.864. The summed E-state index contributed by atoms with van der Waals surface area (Å²) in [4.78, 5) is 1.22. The van der Waals surface area contributed by atoms with Crippen molar-refractivity contribution in [3.63, 3.8) is 0 Å². The Balaban J connectivity index is 1.76. The van der Waals surface area contributed by atoms with Gasteiger partial charge in [-0.05, 0) is 38.1 Å². The first-order chi connectivity index (χ1) is 6.84. The van der Waals surface area contributed by atoms with E-state index >= 15 is 0 Å². The largest absolute Gasteiger partial charge is 0.373 e. The van der Waals surface area contributed by atoms with Gasteiger partial charge in [0.2, 0.25) is 0 Å². The van der Waals surface area contributed by atoms with Crippen LogP contribution in [0.3, 0.4) is 0 Å². The van der Waals surface area contributed by atoms with Crippen LogP contribution in [0.5, 0.6) is 0 Å². The first kappa shape index (κ1) is 10.4. The number of halogens is 1. The second kappa shape index (κ2) is 5.12. The number of piperidine rings is 1. The third-order valence-corrected chi connectivity index (χ3v) is 3.58. The molecular formula is C10H14ClNOS. The lowest BCUT2D eigenvalue weighted by Crippen LogP contribution is -2.32. The van der Waals surface area contributed by atoms with Gasteiger partial charge in [0.1, 0.15) is 0 Å². The summed E-state index contributed by atoms with van der Waals surface area (Å²) in [7, 11) is 0. The SMILES string of the molecule is Clc1ccc(COC2CCNCC2)s1. The summed E-state index contributed by atoms with van der Waals surface area (Å²) >= 11 is 7.44. The van der Waals surface area contributed by atoms with Crippen molar-refractivity contribution in [2.45, 2.75) is 25.6 Å². The molecule has 1 fully saturated rings. The van der Waals surface area contributed by atoms with Gasteiger partial charge in [-0.2, -0.15) is 0 Å². The topological polar surface area (TPSA) is 21.3 Å². The van der Waals surface area contributed by atoms with Crippen LogP contribution in [-0.4, -0.2) is 19.2 Å². The molecule has 1 aliphatic rings. The van der Waals surface area contributed by atoms with E-state index in [1.807, 2.05) is 12.1 Å². The van der Waals surface area contributed by atoms with Crippen molar-refractivity contribution in [2.75, 3.05) is 13.1 Å². The lowest BCUT2D eigenvalue weighted by Gasteiger charge is -2.22. The van der Waals surface area contributed by atoms with Crippen molar-refractivity contribution in [1.29, 1.82) is 0 Å². The zero-order valence-electron chi connectivity index (χ0n) is 7.96. The molecule has 2 nitrogen and oxygen atoms in total. The minimum absolute atomic E-state index is 0.428. The number of nitrogens with one attached hydrogen (secondary N) is 1.